The first-order chi connectivity index (χ1) is 13.0. The Morgan fingerprint density at radius 3 is 2.89 bits per heavy atom. The van der Waals surface area contributed by atoms with Crippen molar-refractivity contribution >= 4 is 29.2 Å². The van der Waals surface area contributed by atoms with Gasteiger partial charge in [0.25, 0.3) is 5.91 Å². The third-order valence-electron chi connectivity index (χ3n) is 5.07. The Kier molecular flexibility index (Phi) is 4.74. The molecule has 0 unspecified atom stereocenters. The zero-order valence-electron chi connectivity index (χ0n) is 14.7. The highest BCUT2D eigenvalue weighted by atomic mass is 35.5. The zero-order chi connectivity index (χ0) is 19.0. The van der Waals surface area contributed by atoms with Gasteiger partial charge in [0, 0.05) is 37.4 Å². The number of aryl methyl sites for hydroxylation is 1. The Labute approximate surface area is 161 Å². The van der Waals surface area contributed by atoms with E-state index in [2.05, 4.69) is 5.32 Å². The Morgan fingerprint density at radius 2 is 2.07 bits per heavy atom. The Morgan fingerprint density at radius 1 is 1.26 bits per heavy atom. The van der Waals surface area contributed by atoms with Crippen molar-refractivity contribution < 1.29 is 18.8 Å². The molecule has 1 aromatic carbocycles. The average molecular weight is 387 g/mol. The van der Waals surface area contributed by atoms with E-state index in [0.717, 1.165) is 12.0 Å². The lowest BCUT2D eigenvalue weighted by Crippen LogP contribution is -2.37. The molecule has 2 aromatic rings. The second-order valence-corrected chi connectivity index (χ2v) is 7.37. The predicted octanol–water partition coefficient (Wildman–Crippen LogP) is 2.98. The molecule has 1 aliphatic carbocycles. The van der Waals surface area contributed by atoms with Crippen LogP contribution in [0.1, 0.15) is 51.3 Å². The molecule has 27 heavy (non-hydrogen) atoms. The molecule has 0 radical (unpaired) electrons. The summed E-state index contributed by atoms with van der Waals surface area (Å²) in [5, 5.41) is 3.48. The topological polar surface area (TPSA) is 79.6 Å². The van der Waals surface area contributed by atoms with Crippen LogP contribution in [0.4, 0.5) is 0 Å². The smallest absolute Gasteiger partial charge is 0.255 e. The first-order valence-electron chi connectivity index (χ1n) is 8.98. The Balaban J connectivity index is 1.43. The van der Waals surface area contributed by atoms with Crippen LogP contribution in [-0.2, 0) is 17.8 Å². The van der Waals surface area contributed by atoms with E-state index < -0.39 is 0 Å². The molecule has 1 aromatic heterocycles. The van der Waals surface area contributed by atoms with E-state index in [1.807, 2.05) is 18.2 Å². The lowest BCUT2D eigenvalue weighted by molar-refractivity contribution is -0.128. The first kappa shape index (κ1) is 17.8. The molecule has 1 aliphatic heterocycles. The Hall–Kier alpha value is -2.60. The number of fused-ring (bicyclic) bond motifs is 1. The van der Waals surface area contributed by atoms with Gasteiger partial charge in [0.1, 0.15) is 12.0 Å². The number of Topliss-reactive ketones (excluding diaryl/α,β-unsaturated/α-hetero) is 1. The molecule has 0 bridgehead atoms. The van der Waals surface area contributed by atoms with Gasteiger partial charge in [-0.3, -0.25) is 14.4 Å². The molecular weight excluding hydrogens is 368 g/mol. The van der Waals surface area contributed by atoms with Gasteiger partial charge in [-0.05, 0) is 18.1 Å². The minimum Gasteiger partial charge on any atom is -0.468 e. The van der Waals surface area contributed by atoms with Crippen molar-refractivity contribution in [2.75, 3.05) is 6.54 Å². The molecule has 140 valence electrons. The highest BCUT2D eigenvalue weighted by Gasteiger charge is 2.33. The lowest BCUT2D eigenvalue weighted by atomic mass is 9.94. The summed E-state index contributed by atoms with van der Waals surface area (Å²) in [5.74, 6) is 0.121. The van der Waals surface area contributed by atoms with E-state index in [9.17, 15) is 14.4 Å². The van der Waals surface area contributed by atoms with Gasteiger partial charge >= 0.3 is 0 Å². The van der Waals surface area contributed by atoms with E-state index in [1.165, 1.54) is 6.26 Å². The van der Waals surface area contributed by atoms with E-state index >= 15 is 0 Å². The molecule has 7 heteroatoms. The number of ketones is 1. The fourth-order valence-electron chi connectivity index (χ4n) is 3.71. The van der Waals surface area contributed by atoms with Gasteiger partial charge in [-0.25, -0.2) is 0 Å². The maximum Gasteiger partial charge on any atom is 0.255 e. The van der Waals surface area contributed by atoms with Crippen molar-refractivity contribution in [3.05, 3.63) is 58.0 Å². The summed E-state index contributed by atoms with van der Waals surface area (Å²) in [6, 6.07) is 7.07. The maximum absolute atomic E-state index is 12.6. The van der Waals surface area contributed by atoms with E-state index in [-0.39, 0.29) is 35.6 Å². The van der Waals surface area contributed by atoms with Crippen LogP contribution in [0.5, 0.6) is 0 Å². The van der Waals surface area contributed by atoms with Crippen LogP contribution >= 0.6 is 11.6 Å². The summed E-state index contributed by atoms with van der Waals surface area (Å²) in [6.07, 6.45) is 3.42. The van der Waals surface area contributed by atoms with E-state index in [1.54, 1.807) is 11.0 Å². The molecule has 2 heterocycles. The largest absolute Gasteiger partial charge is 0.468 e. The fourth-order valence-corrected chi connectivity index (χ4v) is 3.90. The summed E-state index contributed by atoms with van der Waals surface area (Å²) in [6.45, 7) is 0.814. The predicted molar refractivity (Wildman–Crippen MR) is 98.7 cm³/mol. The first-order valence-corrected chi connectivity index (χ1v) is 9.36. The number of carbonyl (C=O) groups is 3. The summed E-state index contributed by atoms with van der Waals surface area (Å²) in [7, 11) is 0. The molecule has 6 nitrogen and oxygen atoms in total. The number of likely N-dealkylation sites (tertiary alicyclic amines) is 1. The van der Waals surface area contributed by atoms with Crippen molar-refractivity contribution in [3.63, 3.8) is 0 Å². The number of nitrogens with one attached hydrogen (secondary N) is 1. The maximum atomic E-state index is 12.6. The number of nitrogens with zero attached hydrogens (tertiary/aromatic N) is 1. The van der Waals surface area contributed by atoms with Crippen LogP contribution in [0, 0.1) is 0 Å². The number of carbonyl (C=O) groups excluding carboxylic acids is 3. The van der Waals surface area contributed by atoms with Gasteiger partial charge in [-0.1, -0.05) is 29.8 Å². The average Bonchev–Trinajstić information content (AvgIpc) is 3.22. The monoisotopic (exact) mass is 386 g/mol. The van der Waals surface area contributed by atoms with Gasteiger partial charge in [0.05, 0.1) is 17.2 Å². The number of halogens is 1. The molecular formula is C20H19ClN2O4. The molecule has 0 spiro atoms. The van der Waals surface area contributed by atoms with Crippen LogP contribution in [0.15, 0.2) is 34.9 Å². The van der Waals surface area contributed by atoms with Crippen molar-refractivity contribution in [2.45, 2.75) is 38.3 Å². The lowest BCUT2D eigenvalue weighted by Gasteiger charge is -2.18. The van der Waals surface area contributed by atoms with Crippen LogP contribution in [0.3, 0.4) is 0 Å². The molecule has 4 rings (SSSR count). The van der Waals surface area contributed by atoms with Gasteiger partial charge in [0.15, 0.2) is 5.78 Å². The minimum absolute atomic E-state index is 0.0366. The number of rotatable bonds is 4. The van der Waals surface area contributed by atoms with Crippen molar-refractivity contribution in [3.8, 4) is 0 Å². The second kappa shape index (κ2) is 7.19. The van der Waals surface area contributed by atoms with Crippen molar-refractivity contribution in [2.24, 2.45) is 0 Å². The third kappa shape index (κ3) is 3.49. The SMILES string of the molecule is O=C(N[C@H]1CC(=O)N(Cc2ccccc2Cl)C1)c1coc2c1C(=O)CCC2. The molecule has 2 amide bonds. The number of benzene rings is 1. The zero-order valence-corrected chi connectivity index (χ0v) is 15.4. The molecule has 2 aliphatic rings. The van der Waals surface area contributed by atoms with Crippen LogP contribution in [0.25, 0.3) is 0 Å². The summed E-state index contributed by atoms with van der Waals surface area (Å²) < 4.78 is 5.40. The molecule has 1 fully saturated rings. The molecule has 0 saturated carbocycles. The van der Waals surface area contributed by atoms with Crippen molar-refractivity contribution in [1.82, 2.24) is 10.2 Å². The van der Waals surface area contributed by atoms with Gasteiger partial charge in [-0.15, -0.1) is 0 Å². The van der Waals surface area contributed by atoms with E-state index in [4.69, 9.17) is 16.0 Å². The van der Waals surface area contributed by atoms with Gasteiger partial charge < -0.3 is 14.6 Å². The standard InChI is InChI=1S/C20H19ClN2O4/c21-15-5-2-1-4-12(15)9-23-10-13(8-18(23)25)22-20(26)14-11-27-17-7-3-6-16(24)19(14)17/h1-2,4-5,11,13H,3,6-10H2,(H,22,26)/t13-/m0/s1. The summed E-state index contributed by atoms with van der Waals surface area (Å²) >= 11 is 6.17. The normalized spacial score (nSPS) is 19.3. The van der Waals surface area contributed by atoms with E-state index in [0.29, 0.717) is 42.3 Å². The number of hydrogen-bond acceptors (Lipinski definition) is 4. The van der Waals surface area contributed by atoms with Gasteiger partial charge in [0.2, 0.25) is 5.91 Å². The number of amides is 2. The highest BCUT2D eigenvalue weighted by Crippen LogP contribution is 2.27. The molecule has 1 saturated heterocycles. The van der Waals surface area contributed by atoms with Gasteiger partial charge in [-0.2, -0.15) is 0 Å². The number of hydrogen-bond donors (Lipinski definition) is 1. The van der Waals surface area contributed by atoms with Crippen molar-refractivity contribution in [1.29, 1.82) is 0 Å². The highest BCUT2D eigenvalue weighted by molar-refractivity contribution is 6.31. The van der Waals surface area contributed by atoms with Crippen LogP contribution in [-0.4, -0.2) is 35.1 Å². The summed E-state index contributed by atoms with van der Waals surface area (Å²) in [5.41, 5.74) is 1.54. The second-order valence-electron chi connectivity index (χ2n) is 6.96. The summed E-state index contributed by atoms with van der Waals surface area (Å²) in [4.78, 5) is 38.8. The quantitative estimate of drug-likeness (QED) is 0.876. The van der Waals surface area contributed by atoms with Crippen LogP contribution < -0.4 is 5.32 Å². The fraction of sp³-hybridized carbons (Fsp3) is 0.350. The minimum atomic E-state index is -0.368. The third-order valence-corrected chi connectivity index (χ3v) is 5.44. The Bertz CT molecular complexity index is 920. The van der Waals surface area contributed by atoms with Crippen LogP contribution in [0.2, 0.25) is 5.02 Å². The molecule has 1 atom stereocenters. The number of furan rings is 1. The molecule has 1 N–H and O–H groups in total.